The van der Waals surface area contributed by atoms with Gasteiger partial charge in [-0.15, -0.1) is 0 Å². The second kappa shape index (κ2) is 10.6. The quantitative estimate of drug-likeness (QED) is 0.410. The molecule has 0 radical (unpaired) electrons. The Hall–Kier alpha value is -2.99. The van der Waals surface area contributed by atoms with Crippen LogP contribution < -0.4 is 19.6 Å². The Morgan fingerprint density at radius 3 is 2.50 bits per heavy atom. The second-order valence-electron chi connectivity index (χ2n) is 8.11. The molecule has 0 amide bonds. The number of methoxy groups -OCH3 is 2. The third-order valence-electron chi connectivity index (χ3n) is 5.97. The summed E-state index contributed by atoms with van der Waals surface area (Å²) >= 11 is 0. The molecule has 1 saturated heterocycles. The zero-order valence-electron chi connectivity index (χ0n) is 18.9. The van der Waals surface area contributed by atoms with E-state index in [1.54, 1.807) is 38.5 Å². The van der Waals surface area contributed by atoms with E-state index >= 15 is 0 Å². The van der Waals surface area contributed by atoms with Gasteiger partial charge >= 0.3 is 0 Å². The number of nitrogens with zero attached hydrogens (tertiary/aromatic N) is 1. The van der Waals surface area contributed by atoms with E-state index < -0.39 is 0 Å². The lowest BCUT2D eigenvalue weighted by Gasteiger charge is -2.15. The van der Waals surface area contributed by atoms with E-state index in [2.05, 4.69) is 4.90 Å². The standard InChI is InChI=1S/C26H31NO5/c1-29-22-13-12-19(18-23(22)30-2)25-26(24(28)20-10-4-5-11-21(20)32-25)31-17-9-3-6-14-27-15-7-8-16-27/h4-5,10-13,18H,3,6-9,14-17H2,1-2H3. The molecule has 6 nitrogen and oxygen atoms in total. The van der Waals surface area contributed by atoms with Crippen LogP contribution in [0.15, 0.2) is 51.7 Å². The minimum atomic E-state index is -0.159. The molecule has 0 saturated carbocycles. The minimum Gasteiger partial charge on any atom is -0.493 e. The van der Waals surface area contributed by atoms with Crippen molar-refractivity contribution in [2.24, 2.45) is 0 Å². The van der Waals surface area contributed by atoms with Crippen LogP contribution in [0.1, 0.15) is 32.1 Å². The summed E-state index contributed by atoms with van der Waals surface area (Å²) in [6, 6.07) is 12.7. The lowest BCUT2D eigenvalue weighted by atomic mass is 10.1. The number of fused-ring (bicyclic) bond motifs is 1. The van der Waals surface area contributed by atoms with E-state index in [1.165, 1.54) is 25.9 Å². The molecule has 1 aliphatic heterocycles. The Kier molecular flexibility index (Phi) is 7.32. The van der Waals surface area contributed by atoms with Crippen molar-refractivity contribution in [2.45, 2.75) is 32.1 Å². The van der Waals surface area contributed by atoms with Crippen LogP contribution in [0, 0.1) is 0 Å². The largest absolute Gasteiger partial charge is 0.493 e. The molecule has 170 valence electrons. The second-order valence-corrected chi connectivity index (χ2v) is 8.11. The highest BCUT2D eigenvalue weighted by Crippen LogP contribution is 2.36. The third-order valence-corrected chi connectivity index (χ3v) is 5.97. The summed E-state index contributed by atoms with van der Waals surface area (Å²) in [4.78, 5) is 15.8. The van der Waals surface area contributed by atoms with Crippen molar-refractivity contribution in [2.75, 3.05) is 40.5 Å². The van der Waals surface area contributed by atoms with E-state index in [-0.39, 0.29) is 11.2 Å². The first kappa shape index (κ1) is 22.2. The summed E-state index contributed by atoms with van der Waals surface area (Å²) in [5.41, 5.74) is 1.07. The maximum absolute atomic E-state index is 13.2. The first-order chi connectivity index (χ1) is 15.7. The normalized spacial score (nSPS) is 14.1. The number of unbranched alkanes of at least 4 members (excludes halogenated alkanes) is 2. The van der Waals surface area contributed by atoms with Gasteiger partial charge in [0.05, 0.1) is 26.2 Å². The van der Waals surface area contributed by atoms with Crippen molar-refractivity contribution in [3.63, 3.8) is 0 Å². The van der Waals surface area contributed by atoms with Crippen LogP contribution in [0.25, 0.3) is 22.3 Å². The third kappa shape index (κ3) is 4.91. The number of likely N-dealkylation sites (tertiary alicyclic amines) is 1. The van der Waals surface area contributed by atoms with Gasteiger partial charge in [-0.1, -0.05) is 12.1 Å². The molecule has 0 unspecified atom stereocenters. The Bertz CT molecular complexity index is 1100. The van der Waals surface area contributed by atoms with Gasteiger partial charge < -0.3 is 23.5 Å². The molecule has 0 aliphatic carbocycles. The van der Waals surface area contributed by atoms with Gasteiger partial charge in [0.2, 0.25) is 11.2 Å². The number of hydrogen-bond acceptors (Lipinski definition) is 6. The smallest absolute Gasteiger partial charge is 0.235 e. The van der Waals surface area contributed by atoms with E-state index in [0.29, 0.717) is 40.4 Å². The lowest BCUT2D eigenvalue weighted by molar-refractivity contribution is 0.285. The minimum absolute atomic E-state index is 0.159. The summed E-state index contributed by atoms with van der Waals surface area (Å²) in [5, 5.41) is 0.515. The number of rotatable bonds is 10. The van der Waals surface area contributed by atoms with Gasteiger partial charge in [-0.2, -0.15) is 0 Å². The van der Waals surface area contributed by atoms with Gasteiger partial charge in [0.15, 0.2) is 17.3 Å². The van der Waals surface area contributed by atoms with Crippen LogP contribution in [0.4, 0.5) is 0 Å². The van der Waals surface area contributed by atoms with Crippen LogP contribution in [0.3, 0.4) is 0 Å². The topological polar surface area (TPSA) is 61.1 Å². The Morgan fingerprint density at radius 1 is 0.938 bits per heavy atom. The van der Waals surface area contributed by atoms with Crippen molar-refractivity contribution in [3.8, 4) is 28.6 Å². The molecule has 2 aromatic carbocycles. The van der Waals surface area contributed by atoms with E-state index in [1.807, 2.05) is 18.2 Å². The predicted octanol–water partition coefficient (Wildman–Crippen LogP) is 5.12. The summed E-state index contributed by atoms with van der Waals surface area (Å²) < 4.78 is 23.0. The predicted molar refractivity (Wildman–Crippen MR) is 126 cm³/mol. The fourth-order valence-corrected chi connectivity index (χ4v) is 4.22. The average molecular weight is 438 g/mol. The van der Waals surface area contributed by atoms with Gasteiger partial charge in [-0.25, -0.2) is 0 Å². The Balaban J connectivity index is 1.55. The van der Waals surface area contributed by atoms with Gasteiger partial charge in [0.25, 0.3) is 0 Å². The summed E-state index contributed by atoms with van der Waals surface area (Å²) in [6.45, 7) is 4.07. The van der Waals surface area contributed by atoms with Gasteiger partial charge in [0.1, 0.15) is 5.58 Å². The average Bonchev–Trinajstić information content (AvgIpc) is 3.35. The summed E-state index contributed by atoms with van der Waals surface area (Å²) in [5.74, 6) is 1.83. The highest BCUT2D eigenvalue weighted by atomic mass is 16.5. The molecule has 0 bridgehead atoms. The fourth-order valence-electron chi connectivity index (χ4n) is 4.22. The highest BCUT2D eigenvalue weighted by Gasteiger charge is 2.19. The van der Waals surface area contributed by atoms with Crippen molar-refractivity contribution < 1.29 is 18.6 Å². The molecule has 0 spiro atoms. The van der Waals surface area contributed by atoms with Gasteiger partial charge in [0, 0.05) is 5.56 Å². The lowest BCUT2D eigenvalue weighted by Crippen LogP contribution is -2.20. The molecular weight excluding hydrogens is 406 g/mol. The van der Waals surface area contributed by atoms with Crippen LogP contribution in [-0.2, 0) is 0 Å². The molecule has 3 aromatic rings. The molecule has 0 atom stereocenters. The van der Waals surface area contributed by atoms with E-state index in [4.69, 9.17) is 18.6 Å². The highest BCUT2D eigenvalue weighted by molar-refractivity contribution is 5.82. The molecular formula is C26H31NO5. The Labute approximate surface area is 188 Å². The molecule has 1 fully saturated rings. The van der Waals surface area contributed by atoms with Crippen molar-refractivity contribution in [3.05, 3.63) is 52.7 Å². The molecule has 0 N–H and O–H groups in total. The molecule has 32 heavy (non-hydrogen) atoms. The Morgan fingerprint density at radius 2 is 1.72 bits per heavy atom. The van der Waals surface area contributed by atoms with Crippen LogP contribution in [-0.4, -0.2) is 45.4 Å². The first-order valence-corrected chi connectivity index (χ1v) is 11.3. The van der Waals surface area contributed by atoms with Crippen LogP contribution in [0.2, 0.25) is 0 Å². The zero-order chi connectivity index (χ0) is 22.3. The molecule has 6 heteroatoms. The van der Waals surface area contributed by atoms with Gasteiger partial charge in [-0.3, -0.25) is 4.79 Å². The fraction of sp³-hybridized carbons (Fsp3) is 0.423. The number of para-hydroxylation sites is 1. The van der Waals surface area contributed by atoms with Gasteiger partial charge in [-0.05, 0) is 82.1 Å². The molecule has 4 rings (SSSR count). The summed E-state index contributed by atoms with van der Waals surface area (Å²) in [6.07, 6.45) is 5.75. The number of ether oxygens (including phenoxy) is 3. The van der Waals surface area contributed by atoms with E-state index in [9.17, 15) is 4.79 Å². The van der Waals surface area contributed by atoms with Crippen molar-refractivity contribution in [1.29, 1.82) is 0 Å². The maximum Gasteiger partial charge on any atom is 0.235 e. The van der Waals surface area contributed by atoms with E-state index in [0.717, 1.165) is 25.8 Å². The monoisotopic (exact) mass is 437 g/mol. The van der Waals surface area contributed by atoms with Crippen LogP contribution in [0.5, 0.6) is 17.2 Å². The molecule has 1 aliphatic rings. The van der Waals surface area contributed by atoms with Crippen molar-refractivity contribution >= 4 is 11.0 Å². The van der Waals surface area contributed by atoms with Crippen molar-refractivity contribution in [1.82, 2.24) is 4.90 Å². The zero-order valence-corrected chi connectivity index (χ0v) is 18.9. The molecule has 1 aromatic heterocycles. The van der Waals surface area contributed by atoms with Crippen LogP contribution >= 0.6 is 0 Å². The molecule has 2 heterocycles. The number of hydrogen-bond donors (Lipinski definition) is 0. The summed E-state index contributed by atoms with van der Waals surface area (Å²) in [7, 11) is 3.17. The number of benzene rings is 2. The first-order valence-electron chi connectivity index (χ1n) is 11.3. The SMILES string of the molecule is COc1ccc(-c2oc3ccccc3c(=O)c2OCCCCCN2CCCC2)cc1OC. The maximum atomic E-state index is 13.2.